The zero-order chi connectivity index (χ0) is 17.5. The van der Waals surface area contributed by atoms with E-state index in [4.69, 9.17) is 16.3 Å². The number of aryl methyl sites for hydroxylation is 1. The third kappa shape index (κ3) is 2.68. The van der Waals surface area contributed by atoms with Gasteiger partial charge in [-0.1, -0.05) is 11.6 Å². The van der Waals surface area contributed by atoms with Gasteiger partial charge in [0.05, 0.1) is 22.9 Å². The van der Waals surface area contributed by atoms with Gasteiger partial charge >= 0.3 is 0 Å². The lowest BCUT2D eigenvalue weighted by atomic mass is 10.2. The van der Waals surface area contributed by atoms with Gasteiger partial charge in [0.15, 0.2) is 0 Å². The standard InChI is InChI=1S/C17H14ClNO4S/c1-19-10-16(24(21,22)13-6-3-11(18)4-7-13)17(20)14-9-12(23-2)5-8-15(14)19/h3-10H,1-2H3. The molecule has 3 rings (SSSR count). The number of hydrogen-bond donors (Lipinski definition) is 0. The van der Waals surface area contributed by atoms with Gasteiger partial charge in [-0.05, 0) is 42.5 Å². The zero-order valence-electron chi connectivity index (χ0n) is 13.0. The smallest absolute Gasteiger partial charge is 0.211 e. The molecule has 0 fully saturated rings. The first kappa shape index (κ1) is 16.5. The van der Waals surface area contributed by atoms with E-state index in [1.54, 1.807) is 29.8 Å². The Morgan fingerprint density at radius 3 is 2.38 bits per heavy atom. The van der Waals surface area contributed by atoms with Crippen molar-refractivity contribution < 1.29 is 13.2 Å². The number of aromatic nitrogens is 1. The maximum absolute atomic E-state index is 12.8. The summed E-state index contributed by atoms with van der Waals surface area (Å²) in [6.45, 7) is 0. The van der Waals surface area contributed by atoms with E-state index in [9.17, 15) is 13.2 Å². The Balaban J connectivity index is 2.32. The van der Waals surface area contributed by atoms with Gasteiger partial charge in [-0.2, -0.15) is 0 Å². The average Bonchev–Trinajstić information content (AvgIpc) is 2.57. The van der Waals surface area contributed by atoms with Crippen molar-refractivity contribution in [3.8, 4) is 5.75 Å². The molecule has 0 amide bonds. The molecule has 5 nitrogen and oxygen atoms in total. The van der Waals surface area contributed by atoms with Gasteiger partial charge in [0.2, 0.25) is 15.3 Å². The fourth-order valence-electron chi connectivity index (χ4n) is 2.50. The van der Waals surface area contributed by atoms with Gasteiger partial charge < -0.3 is 9.30 Å². The second kappa shape index (κ2) is 5.96. The minimum absolute atomic E-state index is 0.0197. The molecule has 0 spiro atoms. The Morgan fingerprint density at radius 1 is 1.08 bits per heavy atom. The van der Waals surface area contributed by atoms with Gasteiger partial charge in [0.1, 0.15) is 10.6 Å². The van der Waals surface area contributed by atoms with Crippen molar-refractivity contribution in [2.24, 2.45) is 7.05 Å². The summed E-state index contributed by atoms with van der Waals surface area (Å²) >= 11 is 5.80. The number of benzene rings is 2. The van der Waals surface area contributed by atoms with E-state index in [1.165, 1.54) is 37.6 Å². The van der Waals surface area contributed by atoms with Crippen LogP contribution in [0.3, 0.4) is 0 Å². The van der Waals surface area contributed by atoms with Crippen LogP contribution in [0.2, 0.25) is 5.02 Å². The fourth-order valence-corrected chi connectivity index (χ4v) is 4.03. The Hall–Kier alpha value is -2.31. The second-order valence-corrected chi connectivity index (χ2v) is 7.63. The van der Waals surface area contributed by atoms with Crippen molar-refractivity contribution >= 4 is 32.3 Å². The molecule has 24 heavy (non-hydrogen) atoms. The molecule has 1 heterocycles. The van der Waals surface area contributed by atoms with Crippen molar-refractivity contribution in [3.63, 3.8) is 0 Å². The first-order chi connectivity index (χ1) is 11.3. The summed E-state index contributed by atoms with van der Waals surface area (Å²) in [6.07, 6.45) is 1.33. The van der Waals surface area contributed by atoms with Crippen LogP contribution in [0.1, 0.15) is 0 Å². The third-order valence-electron chi connectivity index (χ3n) is 3.78. The Morgan fingerprint density at radius 2 is 1.75 bits per heavy atom. The number of methoxy groups -OCH3 is 1. The highest BCUT2D eigenvalue weighted by atomic mass is 35.5. The highest BCUT2D eigenvalue weighted by molar-refractivity contribution is 7.91. The first-order valence-corrected chi connectivity index (χ1v) is 8.89. The lowest BCUT2D eigenvalue weighted by Gasteiger charge is -2.11. The largest absolute Gasteiger partial charge is 0.497 e. The van der Waals surface area contributed by atoms with Crippen LogP contribution >= 0.6 is 11.6 Å². The SMILES string of the molecule is COc1ccc2c(c1)c(=O)c(S(=O)(=O)c1ccc(Cl)cc1)cn2C. The highest BCUT2D eigenvalue weighted by Crippen LogP contribution is 2.24. The Kier molecular flexibility index (Phi) is 4.11. The van der Waals surface area contributed by atoms with E-state index < -0.39 is 15.3 Å². The summed E-state index contributed by atoms with van der Waals surface area (Å²) in [6, 6.07) is 10.7. The minimum atomic E-state index is -3.95. The zero-order valence-corrected chi connectivity index (χ0v) is 14.6. The molecule has 0 atom stereocenters. The predicted octanol–water partition coefficient (Wildman–Crippen LogP) is 3.03. The molecule has 0 N–H and O–H groups in total. The Labute approximate surface area is 144 Å². The van der Waals surface area contributed by atoms with Crippen LogP contribution in [-0.2, 0) is 16.9 Å². The number of pyridine rings is 1. The normalized spacial score (nSPS) is 11.6. The summed E-state index contributed by atoms with van der Waals surface area (Å²) in [5.74, 6) is 0.487. The van der Waals surface area contributed by atoms with Crippen LogP contribution in [0.5, 0.6) is 5.75 Å². The molecule has 0 saturated heterocycles. The van der Waals surface area contributed by atoms with E-state index >= 15 is 0 Å². The van der Waals surface area contributed by atoms with E-state index in [0.29, 0.717) is 16.3 Å². The molecule has 0 aliphatic rings. The fraction of sp³-hybridized carbons (Fsp3) is 0.118. The molecular formula is C17H14ClNO4S. The van der Waals surface area contributed by atoms with E-state index in [-0.39, 0.29) is 15.2 Å². The molecule has 124 valence electrons. The maximum atomic E-state index is 12.8. The van der Waals surface area contributed by atoms with Crippen molar-refractivity contribution in [1.29, 1.82) is 0 Å². The van der Waals surface area contributed by atoms with Crippen molar-refractivity contribution in [2.75, 3.05) is 7.11 Å². The number of ether oxygens (including phenoxy) is 1. The van der Waals surface area contributed by atoms with Gasteiger partial charge in [0, 0.05) is 18.3 Å². The molecule has 0 bridgehead atoms. The van der Waals surface area contributed by atoms with E-state index in [2.05, 4.69) is 0 Å². The number of sulfone groups is 1. The summed E-state index contributed by atoms with van der Waals surface area (Å²) in [4.78, 5) is 12.5. The van der Waals surface area contributed by atoms with Crippen LogP contribution in [0.4, 0.5) is 0 Å². The van der Waals surface area contributed by atoms with E-state index in [0.717, 1.165) is 0 Å². The first-order valence-electron chi connectivity index (χ1n) is 7.02. The summed E-state index contributed by atoms with van der Waals surface area (Å²) in [7, 11) is -0.777. The van der Waals surface area contributed by atoms with Gasteiger partial charge in [-0.25, -0.2) is 8.42 Å². The highest BCUT2D eigenvalue weighted by Gasteiger charge is 2.23. The van der Waals surface area contributed by atoms with Gasteiger partial charge in [0.25, 0.3) is 0 Å². The van der Waals surface area contributed by atoms with Gasteiger partial charge in [-0.15, -0.1) is 0 Å². The summed E-state index contributed by atoms with van der Waals surface area (Å²) in [5.41, 5.74) is 0.0628. The number of nitrogens with zero attached hydrogens (tertiary/aromatic N) is 1. The molecule has 0 aliphatic carbocycles. The number of hydrogen-bond acceptors (Lipinski definition) is 4. The number of fused-ring (bicyclic) bond motifs is 1. The monoisotopic (exact) mass is 363 g/mol. The van der Waals surface area contributed by atoms with Crippen LogP contribution in [-0.4, -0.2) is 20.1 Å². The lowest BCUT2D eigenvalue weighted by Crippen LogP contribution is -2.18. The van der Waals surface area contributed by atoms with Crippen LogP contribution in [0.25, 0.3) is 10.9 Å². The number of rotatable bonds is 3. The van der Waals surface area contributed by atoms with Crippen molar-refractivity contribution in [2.45, 2.75) is 9.79 Å². The quantitative estimate of drug-likeness (QED) is 0.717. The third-order valence-corrected chi connectivity index (χ3v) is 5.79. The molecule has 7 heteroatoms. The molecule has 0 radical (unpaired) electrons. The Bertz CT molecular complexity index is 1090. The summed E-state index contributed by atoms with van der Waals surface area (Å²) < 4.78 is 32.4. The molecule has 1 aromatic heterocycles. The molecular weight excluding hydrogens is 350 g/mol. The van der Waals surface area contributed by atoms with Crippen LogP contribution in [0.15, 0.2) is 63.2 Å². The molecule has 0 saturated carbocycles. The van der Waals surface area contributed by atoms with E-state index in [1.807, 2.05) is 0 Å². The predicted molar refractivity (Wildman–Crippen MR) is 92.6 cm³/mol. The molecule has 2 aromatic carbocycles. The molecule has 3 aromatic rings. The van der Waals surface area contributed by atoms with Gasteiger partial charge in [-0.3, -0.25) is 4.79 Å². The number of halogens is 1. The maximum Gasteiger partial charge on any atom is 0.211 e. The molecule has 0 aliphatic heterocycles. The van der Waals surface area contributed by atoms with Crippen molar-refractivity contribution in [1.82, 2.24) is 4.57 Å². The lowest BCUT2D eigenvalue weighted by molar-refractivity contribution is 0.415. The van der Waals surface area contributed by atoms with Crippen molar-refractivity contribution in [3.05, 3.63) is 63.9 Å². The minimum Gasteiger partial charge on any atom is -0.497 e. The topological polar surface area (TPSA) is 65.4 Å². The average molecular weight is 364 g/mol. The summed E-state index contributed by atoms with van der Waals surface area (Å²) in [5, 5.41) is 0.706. The van der Waals surface area contributed by atoms with Crippen LogP contribution in [0, 0.1) is 0 Å². The molecule has 0 unspecified atom stereocenters. The van der Waals surface area contributed by atoms with Crippen LogP contribution < -0.4 is 10.2 Å². The second-order valence-electron chi connectivity index (χ2n) is 5.27.